The topological polar surface area (TPSA) is 153 Å². The Labute approximate surface area is 205 Å². The van der Waals surface area contributed by atoms with E-state index in [4.69, 9.17) is 4.74 Å². The van der Waals surface area contributed by atoms with Crippen molar-refractivity contribution in [3.05, 3.63) is 52.1 Å². The lowest BCUT2D eigenvalue weighted by Gasteiger charge is -2.47. The number of carbonyl (C=O) groups is 4. The predicted molar refractivity (Wildman–Crippen MR) is 130 cm³/mol. The molecular formula is C24H32N2O8Si. The van der Waals surface area contributed by atoms with Crippen molar-refractivity contribution in [1.82, 2.24) is 5.32 Å². The number of ketones is 1. The number of esters is 2. The second-order valence-electron chi connectivity index (χ2n) is 10.1. The highest BCUT2D eigenvalue weighted by molar-refractivity contribution is 6.73. The molecule has 0 radical (unpaired) electrons. The summed E-state index contributed by atoms with van der Waals surface area (Å²) < 4.78 is 4.71. The Balaban J connectivity index is 2.01. The highest BCUT2D eigenvalue weighted by Crippen LogP contribution is 2.48. The number of Topliss-reactive ketones (excluding diaryl/α,β-unsaturated/α-hetero) is 1. The lowest BCUT2D eigenvalue weighted by Crippen LogP contribution is -2.64. The molecule has 11 heteroatoms. The first-order valence-corrected chi connectivity index (χ1v) is 14.2. The predicted octanol–water partition coefficient (Wildman–Crippen LogP) is 3.16. The van der Waals surface area contributed by atoms with Gasteiger partial charge in [-0.1, -0.05) is 39.8 Å². The Morgan fingerprint density at radius 3 is 2.20 bits per heavy atom. The number of β-lactam (4-membered cyclic amide) rings is 1. The van der Waals surface area contributed by atoms with Gasteiger partial charge >= 0.3 is 11.9 Å². The van der Waals surface area contributed by atoms with Gasteiger partial charge in [-0.3, -0.25) is 24.5 Å². The number of hydrogen-bond acceptors (Lipinski definition) is 8. The highest BCUT2D eigenvalue weighted by atomic mass is 28.4. The molecule has 1 aliphatic rings. The quantitative estimate of drug-likeness (QED) is 0.0937. The van der Waals surface area contributed by atoms with E-state index >= 15 is 0 Å². The molecular weight excluding hydrogens is 472 g/mol. The molecule has 2 rings (SSSR count). The number of amides is 1. The third-order valence-electron chi connectivity index (χ3n) is 7.30. The van der Waals surface area contributed by atoms with Crippen LogP contribution < -0.4 is 5.32 Å². The second-order valence-corrected chi connectivity index (χ2v) is 14.4. The zero-order valence-corrected chi connectivity index (χ0v) is 21.8. The Hall–Kier alpha value is -3.18. The first-order valence-electron chi connectivity index (χ1n) is 11.2. The first-order chi connectivity index (χ1) is 16.0. The van der Waals surface area contributed by atoms with Gasteiger partial charge in [-0.25, -0.2) is 4.79 Å². The van der Waals surface area contributed by atoms with Crippen LogP contribution in [0.25, 0.3) is 0 Å². The molecule has 1 aromatic rings. The molecule has 1 fully saturated rings. The number of rotatable bonds is 10. The van der Waals surface area contributed by atoms with Crippen LogP contribution in [-0.4, -0.2) is 47.7 Å². The van der Waals surface area contributed by atoms with Crippen molar-refractivity contribution in [3.8, 4) is 0 Å². The number of nitrogens with zero attached hydrogens (tertiary/aromatic N) is 1. The zero-order chi connectivity index (χ0) is 26.9. The third-order valence-corrected chi connectivity index (χ3v) is 10.7. The van der Waals surface area contributed by atoms with Crippen molar-refractivity contribution in [1.29, 1.82) is 0 Å². The Kier molecular flexibility index (Phi) is 8.18. The van der Waals surface area contributed by atoms with Crippen LogP contribution in [0.15, 0.2) is 36.4 Å². The van der Waals surface area contributed by atoms with E-state index < -0.39 is 60.3 Å². The molecule has 4 atom stereocenters. The van der Waals surface area contributed by atoms with Crippen molar-refractivity contribution >= 4 is 37.6 Å². The number of ether oxygens (including phenoxy) is 1. The molecule has 0 bridgehead atoms. The maximum atomic E-state index is 12.7. The van der Waals surface area contributed by atoms with Gasteiger partial charge in [-0.15, -0.1) is 0 Å². The molecule has 1 aliphatic heterocycles. The number of hydrogen-bond donors (Lipinski definition) is 2. The van der Waals surface area contributed by atoms with Crippen LogP contribution >= 0.6 is 0 Å². The minimum atomic E-state index is -2.64. The largest absolute Gasteiger partial charge is 0.431 e. The molecule has 0 unspecified atom stereocenters. The summed E-state index contributed by atoms with van der Waals surface area (Å²) in [6.45, 7) is 15.0. The van der Waals surface area contributed by atoms with Crippen LogP contribution in [0.4, 0.5) is 5.69 Å². The van der Waals surface area contributed by atoms with Crippen molar-refractivity contribution in [2.75, 3.05) is 0 Å². The van der Waals surface area contributed by atoms with E-state index in [1.807, 2.05) is 20.8 Å². The van der Waals surface area contributed by atoms with E-state index in [1.54, 1.807) is 20.0 Å². The molecule has 0 aliphatic carbocycles. The molecule has 1 saturated heterocycles. The fraction of sp³-hybridized carbons (Fsp3) is 0.500. The fourth-order valence-corrected chi connectivity index (χ4v) is 5.00. The molecule has 1 amide bonds. The van der Waals surface area contributed by atoms with Crippen LogP contribution in [0.2, 0.25) is 18.1 Å². The lowest BCUT2D eigenvalue weighted by atomic mass is 9.69. The minimum absolute atomic E-state index is 0.0684. The summed E-state index contributed by atoms with van der Waals surface area (Å²) in [5.74, 6) is -4.40. The standard InChI is InChI=1S/C24H32N2O8Si/c1-13(15(3)24(4,5)35(6,7)33)20-21(25-22(20)29)14(2)18(27)12-19(28)34-23(30)16-8-10-17(11-9-16)26(31)32/h8-11,13-14,20-21,33H,3,12H2,1-2,4-7H3,(H,25,29)/t13-,14-,20+,21+/m0/s1. The van der Waals surface area contributed by atoms with Crippen LogP contribution in [0, 0.1) is 27.9 Å². The van der Waals surface area contributed by atoms with E-state index in [2.05, 4.69) is 11.9 Å². The molecule has 190 valence electrons. The summed E-state index contributed by atoms with van der Waals surface area (Å²) in [6, 6.07) is 3.98. The van der Waals surface area contributed by atoms with Crippen molar-refractivity contribution < 1.29 is 33.6 Å². The summed E-state index contributed by atoms with van der Waals surface area (Å²) in [4.78, 5) is 70.2. The molecule has 0 spiro atoms. The fourth-order valence-electron chi connectivity index (χ4n) is 3.99. The summed E-state index contributed by atoms with van der Waals surface area (Å²) in [7, 11) is -2.64. The van der Waals surface area contributed by atoms with E-state index in [0.717, 1.165) is 29.8 Å². The van der Waals surface area contributed by atoms with Crippen molar-refractivity contribution in [2.24, 2.45) is 17.8 Å². The maximum Gasteiger partial charge on any atom is 0.345 e. The number of nitro groups is 1. The first kappa shape index (κ1) is 28.1. The van der Waals surface area contributed by atoms with Gasteiger partial charge in [0, 0.05) is 23.1 Å². The van der Waals surface area contributed by atoms with Crippen molar-refractivity contribution in [2.45, 2.75) is 58.3 Å². The third kappa shape index (κ3) is 5.91. The minimum Gasteiger partial charge on any atom is -0.431 e. The van der Waals surface area contributed by atoms with Gasteiger partial charge < -0.3 is 14.8 Å². The van der Waals surface area contributed by atoms with Crippen molar-refractivity contribution in [3.63, 3.8) is 0 Å². The number of nitrogens with one attached hydrogen (secondary N) is 1. The normalized spacial score (nSPS) is 19.6. The number of allylic oxidation sites excluding steroid dienone is 1. The molecule has 1 heterocycles. The summed E-state index contributed by atoms with van der Waals surface area (Å²) >= 11 is 0. The monoisotopic (exact) mass is 504 g/mol. The smallest absolute Gasteiger partial charge is 0.345 e. The molecule has 2 N–H and O–H groups in total. The van der Waals surface area contributed by atoms with Crippen LogP contribution in [0.1, 0.15) is 44.5 Å². The summed E-state index contributed by atoms with van der Waals surface area (Å²) in [6.07, 6.45) is -0.670. The van der Waals surface area contributed by atoms with Crippen LogP contribution in [-0.2, 0) is 19.1 Å². The van der Waals surface area contributed by atoms with Crippen LogP contribution in [0.3, 0.4) is 0 Å². The molecule has 0 aromatic heterocycles. The number of carbonyl (C=O) groups excluding carboxylic acids is 4. The van der Waals surface area contributed by atoms with E-state index in [9.17, 15) is 34.1 Å². The lowest BCUT2D eigenvalue weighted by molar-refractivity contribution is -0.384. The number of nitro benzene ring substituents is 1. The average Bonchev–Trinajstić information content (AvgIpc) is 2.75. The van der Waals surface area contributed by atoms with E-state index in [1.165, 1.54) is 0 Å². The van der Waals surface area contributed by atoms with Gasteiger partial charge in [0.05, 0.1) is 22.4 Å². The summed E-state index contributed by atoms with van der Waals surface area (Å²) in [5.41, 5.74) is 0.439. The van der Waals surface area contributed by atoms with Gasteiger partial charge in [0.2, 0.25) is 5.91 Å². The van der Waals surface area contributed by atoms with Gasteiger partial charge in [-0.05, 0) is 31.1 Å². The average molecular weight is 505 g/mol. The van der Waals surface area contributed by atoms with Crippen LogP contribution in [0.5, 0.6) is 0 Å². The Morgan fingerprint density at radius 2 is 1.74 bits per heavy atom. The molecule has 10 nitrogen and oxygen atoms in total. The van der Waals surface area contributed by atoms with Gasteiger partial charge in [0.1, 0.15) is 12.2 Å². The van der Waals surface area contributed by atoms with E-state index in [0.29, 0.717) is 0 Å². The van der Waals surface area contributed by atoms with Gasteiger partial charge in [-0.2, -0.15) is 0 Å². The summed E-state index contributed by atoms with van der Waals surface area (Å²) in [5, 5.41) is 12.9. The maximum absolute atomic E-state index is 12.7. The Bertz CT molecular complexity index is 1060. The number of non-ortho nitro benzene ring substituents is 1. The number of benzene rings is 1. The molecule has 0 saturated carbocycles. The highest BCUT2D eigenvalue weighted by Gasteiger charge is 2.51. The SMILES string of the molecule is C=C([C@H](C)[C@H]1C(=O)N[C@@H]1[C@@H](C)C(=O)CC(=O)OC(=O)c1ccc([N+](=O)[O-])cc1)C(C)(C)[Si](C)(C)O. The molecule has 1 aromatic carbocycles. The van der Waals surface area contributed by atoms with Gasteiger partial charge in [0.15, 0.2) is 8.32 Å². The second kappa shape index (κ2) is 10.2. The molecule has 35 heavy (non-hydrogen) atoms. The van der Waals surface area contributed by atoms with E-state index in [-0.39, 0.29) is 23.1 Å². The Morgan fingerprint density at radius 1 is 1.20 bits per heavy atom. The van der Waals surface area contributed by atoms with Gasteiger partial charge in [0.25, 0.3) is 5.69 Å². The zero-order valence-electron chi connectivity index (χ0n) is 20.8.